The number of rotatable bonds is 4. The van der Waals surface area contributed by atoms with E-state index < -0.39 is 6.10 Å². The van der Waals surface area contributed by atoms with Crippen molar-refractivity contribution in [2.24, 2.45) is 11.8 Å². The van der Waals surface area contributed by atoms with Crippen molar-refractivity contribution in [2.45, 2.75) is 52.1 Å². The fourth-order valence-corrected chi connectivity index (χ4v) is 1.95. The normalized spacial score (nSPS) is 20.3. The van der Waals surface area contributed by atoms with Crippen molar-refractivity contribution in [2.75, 3.05) is 6.54 Å². The van der Waals surface area contributed by atoms with E-state index in [9.17, 15) is 9.90 Å². The molecule has 0 aromatic carbocycles. The van der Waals surface area contributed by atoms with Gasteiger partial charge in [-0.05, 0) is 18.8 Å². The molecule has 0 aliphatic heterocycles. The first-order chi connectivity index (χ1) is 7.11. The highest BCUT2D eigenvalue weighted by Crippen LogP contribution is 2.23. The Morgan fingerprint density at radius 1 is 1.33 bits per heavy atom. The van der Waals surface area contributed by atoms with Crippen LogP contribution in [0.3, 0.4) is 0 Å². The minimum absolute atomic E-state index is 0.134. The van der Waals surface area contributed by atoms with Gasteiger partial charge < -0.3 is 10.4 Å². The molecule has 0 saturated heterocycles. The zero-order chi connectivity index (χ0) is 11.3. The number of nitrogens with one attached hydrogen (secondary N) is 1. The van der Waals surface area contributed by atoms with Crippen molar-refractivity contribution in [1.82, 2.24) is 5.32 Å². The van der Waals surface area contributed by atoms with Gasteiger partial charge in [0.25, 0.3) is 0 Å². The minimum Gasteiger partial charge on any atom is -0.391 e. The SMILES string of the molecule is CC(C)C(O)CNC(=O)C1CCCCC1. The average Bonchev–Trinajstić information content (AvgIpc) is 2.26. The molecule has 1 rings (SSSR count). The summed E-state index contributed by atoms with van der Waals surface area (Å²) in [6.45, 7) is 4.31. The van der Waals surface area contributed by atoms with Crippen molar-refractivity contribution in [3.63, 3.8) is 0 Å². The highest BCUT2D eigenvalue weighted by atomic mass is 16.3. The van der Waals surface area contributed by atoms with E-state index in [0.717, 1.165) is 12.8 Å². The Labute approximate surface area is 92.3 Å². The molecule has 1 aliphatic carbocycles. The minimum atomic E-state index is -0.419. The number of amides is 1. The second kappa shape index (κ2) is 6.11. The van der Waals surface area contributed by atoms with E-state index in [0.29, 0.717) is 6.54 Å². The number of aliphatic hydroxyl groups is 1. The molecule has 1 atom stereocenters. The van der Waals surface area contributed by atoms with Crippen LogP contribution in [0.4, 0.5) is 0 Å². The molecule has 1 saturated carbocycles. The second-order valence-corrected chi connectivity index (χ2v) is 4.89. The Hall–Kier alpha value is -0.570. The van der Waals surface area contributed by atoms with Crippen LogP contribution in [0.25, 0.3) is 0 Å². The molecule has 15 heavy (non-hydrogen) atoms. The Bertz CT molecular complexity index is 198. The van der Waals surface area contributed by atoms with Crippen molar-refractivity contribution in [1.29, 1.82) is 0 Å². The molecule has 0 bridgehead atoms. The molecule has 0 aromatic rings. The number of carbonyl (C=O) groups is 1. The number of aliphatic hydroxyl groups excluding tert-OH is 1. The van der Waals surface area contributed by atoms with Gasteiger partial charge >= 0.3 is 0 Å². The Morgan fingerprint density at radius 3 is 2.47 bits per heavy atom. The summed E-state index contributed by atoms with van der Waals surface area (Å²) in [5.41, 5.74) is 0. The van der Waals surface area contributed by atoms with Gasteiger partial charge in [0.2, 0.25) is 5.91 Å². The predicted octanol–water partition coefficient (Wildman–Crippen LogP) is 1.70. The van der Waals surface area contributed by atoms with Crippen LogP contribution in [0.5, 0.6) is 0 Å². The van der Waals surface area contributed by atoms with Crippen molar-refractivity contribution >= 4 is 5.91 Å². The van der Waals surface area contributed by atoms with Crippen molar-refractivity contribution in [3.8, 4) is 0 Å². The molecule has 0 radical (unpaired) electrons. The number of hydrogen-bond donors (Lipinski definition) is 2. The topological polar surface area (TPSA) is 49.3 Å². The molecule has 1 amide bonds. The van der Waals surface area contributed by atoms with Crippen LogP contribution in [0.1, 0.15) is 46.0 Å². The van der Waals surface area contributed by atoms with E-state index in [4.69, 9.17) is 0 Å². The van der Waals surface area contributed by atoms with Gasteiger partial charge in [0.15, 0.2) is 0 Å². The summed E-state index contributed by atoms with van der Waals surface area (Å²) >= 11 is 0. The lowest BCUT2D eigenvalue weighted by atomic mass is 9.88. The van der Waals surface area contributed by atoms with Gasteiger partial charge in [-0.15, -0.1) is 0 Å². The van der Waals surface area contributed by atoms with Gasteiger partial charge in [0.1, 0.15) is 0 Å². The lowest BCUT2D eigenvalue weighted by molar-refractivity contribution is -0.126. The zero-order valence-electron chi connectivity index (χ0n) is 9.83. The Balaban J connectivity index is 2.22. The smallest absolute Gasteiger partial charge is 0.223 e. The monoisotopic (exact) mass is 213 g/mol. The standard InChI is InChI=1S/C12H23NO2/c1-9(2)11(14)8-13-12(15)10-6-4-3-5-7-10/h9-11,14H,3-8H2,1-2H3,(H,13,15). The highest BCUT2D eigenvalue weighted by molar-refractivity contribution is 5.78. The van der Waals surface area contributed by atoms with Crippen LogP contribution in [0, 0.1) is 11.8 Å². The summed E-state index contributed by atoms with van der Waals surface area (Å²) in [7, 11) is 0. The molecule has 3 nitrogen and oxygen atoms in total. The second-order valence-electron chi connectivity index (χ2n) is 4.89. The Morgan fingerprint density at radius 2 is 1.93 bits per heavy atom. The van der Waals surface area contributed by atoms with Crippen LogP contribution in [0.15, 0.2) is 0 Å². The van der Waals surface area contributed by atoms with Gasteiger partial charge in [-0.1, -0.05) is 33.1 Å². The molecular formula is C12H23NO2. The third kappa shape index (κ3) is 4.20. The van der Waals surface area contributed by atoms with Crippen molar-refractivity contribution < 1.29 is 9.90 Å². The molecule has 0 aromatic heterocycles. The van der Waals surface area contributed by atoms with Gasteiger partial charge in [-0.25, -0.2) is 0 Å². The molecule has 1 fully saturated rings. The molecule has 3 heteroatoms. The van der Waals surface area contributed by atoms with E-state index in [2.05, 4.69) is 5.32 Å². The van der Waals surface area contributed by atoms with E-state index in [1.165, 1.54) is 19.3 Å². The maximum absolute atomic E-state index is 11.7. The molecular weight excluding hydrogens is 190 g/mol. The first kappa shape index (κ1) is 12.5. The van der Waals surface area contributed by atoms with Gasteiger partial charge in [0.05, 0.1) is 6.10 Å². The first-order valence-corrected chi connectivity index (χ1v) is 6.07. The molecule has 0 spiro atoms. The van der Waals surface area contributed by atoms with Crippen molar-refractivity contribution in [3.05, 3.63) is 0 Å². The van der Waals surface area contributed by atoms with E-state index in [1.54, 1.807) is 0 Å². The van der Waals surface area contributed by atoms with Crippen LogP contribution < -0.4 is 5.32 Å². The summed E-state index contributed by atoms with van der Waals surface area (Å²) in [5, 5.41) is 12.4. The lowest BCUT2D eigenvalue weighted by Crippen LogP contribution is -2.38. The molecule has 88 valence electrons. The van der Waals surface area contributed by atoms with Gasteiger partial charge in [-0.2, -0.15) is 0 Å². The molecule has 2 N–H and O–H groups in total. The third-order valence-electron chi connectivity index (χ3n) is 3.23. The molecule has 1 unspecified atom stereocenters. The Kier molecular flexibility index (Phi) is 5.09. The zero-order valence-corrected chi connectivity index (χ0v) is 9.83. The summed E-state index contributed by atoms with van der Waals surface area (Å²) in [5.74, 6) is 0.532. The molecule has 0 heterocycles. The summed E-state index contributed by atoms with van der Waals surface area (Å²) in [6, 6.07) is 0. The average molecular weight is 213 g/mol. The van der Waals surface area contributed by atoms with Crippen LogP contribution in [-0.4, -0.2) is 23.7 Å². The van der Waals surface area contributed by atoms with Crippen LogP contribution in [-0.2, 0) is 4.79 Å². The van der Waals surface area contributed by atoms with Crippen LogP contribution >= 0.6 is 0 Å². The van der Waals surface area contributed by atoms with Gasteiger partial charge in [-0.3, -0.25) is 4.79 Å². The van der Waals surface area contributed by atoms with E-state index >= 15 is 0 Å². The van der Waals surface area contributed by atoms with Gasteiger partial charge in [0, 0.05) is 12.5 Å². The summed E-state index contributed by atoms with van der Waals surface area (Å²) in [6.07, 6.45) is 5.22. The van der Waals surface area contributed by atoms with Crippen LogP contribution in [0.2, 0.25) is 0 Å². The van der Waals surface area contributed by atoms with E-state index in [-0.39, 0.29) is 17.7 Å². The molecule has 1 aliphatic rings. The fraction of sp³-hybridized carbons (Fsp3) is 0.917. The third-order valence-corrected chi connectivity index (χ3v) is 3.23. The first-order valence-electron chi connectivity index (χ1n) is 6.07. The lowest BCUT2D eigenvalue weighted by Gasteiger charge is -2.22. The number of hydrogen-bond acceptors (Lipinski definition) is 2. The summed E-state index contributed by atoms with van der Waals surface area (Å²) < 4.78 is 0. The predicted molar refractivity (Wildman–Crippen MR) is 60.4 cm³/mol. The summed E-state index contributed by atoms with van der Waals surface area (Å²) in [4.78, 5) is 11.7. The van der Waals surface area contributed by atoms with E-state index in [1.807, 2.05) is 13.8 Å². The quantitative estimate of drug-likeness (QED) is 0.746. The number of carbonyl (C=O) groups excluding carboxylic acids is 1. The maximum atomic E-state index is 11.7. The maximum Gasteiger partial charge on any atom is 0.223 e. The highest BCUT2D eigenvalue weighted by Gasteiger charge is 2.21. The fourth-order valence-electron chi connectivity index (χ4n) is 1.95. The largest absolute Gasteiger partial charge is 0.391 e.